The Bertz CT molecular complexity index is 696. The molecule has 2 unspecified atom stereocenters. The molecule has 1 saturated heterocycles. The molecule has 4 atom stereocenters. The molecule has 1 fully saturated rings. The van der Waals surface area contributed by atoms with Crippen LogP contribution >= 0.6 is 0 Å². The second kappa shape index (κ2) is 4.54. The number of aromatic amines is 1. The van der Waals surface area contributed by atoms with Crippen LogP contribution in [0.4, 0.5) is 5.95 Å². The van der Waals surface area contributed by atoms with Crippen LogP contribution in [0.25, 0.3) is 11.2 Å². The Balaban J connectivity index is 2.09. The second-order valence-electron chi connectivity index (χ2n) is 4.73. The minimum absolute atomic E-state index is 0.0515. The SMILES string of the molecule is CC[C@H]1OC(n2cnc3c(=O)[nH]c(N)nc32)[C@@H](O)C1O. The molecule has 3 rings (SSSR count). The van der Waals surface area contributed by atoms with Crippen molar-refractivity contribution in [2.75, 3.05) is 5.73 Å². The minimum Gasteiger partial charge on any atom is -0.388 e. The Kier molecular flexibility index (Phi) is 2.96. The van der Waals surface area contributed by atoms with Gasteiger partial charge in [0.25, 0.3) is 5.56 Å². The second-order valence-corrected chi connectivity index (χ2v) is 4.73. The van der Waals surface area contributed by atoms with Gasteiger partial charge in [0.05, 0.1) is 12.4 Å². The molecule has 2 aromatic rings. The van der Waals surface area contributed by atoms with Crippen LogP contribution < -0.4 is 11.3 Å². The Morgan fingerprint density at radius 1 is 1.50 bits per heavy atom. The van der Waals surface area contributed by atoms with Crippen molar-refractivity contribution in [3.8, 4) is 0 Å². The van der Waals surface area contributed by atoms with Gasteiger partial charge in [-0.25, -0.2) is 4.98 Å². The van der Waals surface area contributed by atoms with Crippen molar-refractivity contribution in [1.29, 1.82) is 0 Å². The summed E-state index contributed by atoms with van der Waals surface area (Å²) in [5, 5.41) is 19.9. The highest BCUT2D eigenvalue weighted by Crippen LogP contribution is 2.32. The van der Waals surface area contributed by atoms with Crippen molar-refractivity contribution < 1.29 is 14.9 Å². The van der Waals surface area contributed by atoms with Crippen LogP contribution in [-0.2, 0) is 4.74 Å². The number of imidazole rings is 1. The van der Waals surface area contributed by atoms with Crippen LogP contribution in [0, 0.1) is 0 Å². The maximum Gasteiger partial charge on any atom is 0.280 e. The van der Waals surface area contributed by atoms with Gasteiger partial charge in [0.15, 0.2) is 17.4 Å². The fraction of sp³-hybridized carbons (Fsp3) is 0.545. The van der Waals surface area contributed by atoms with Crippen LogP contribution in [0.3, 0.4) is 0 Å². The molecule has 0 amide bonds. The van der Waals surface area contributed by atoms with Crippen LogP contribution in [0.5, 0.6) is 0 Å². The van der Waals surface area contributed by atoms with E-state index in [0.29, 0.717) is 6.42 Å². The predicted octanol–water partition coefficient (Wildman–Crippen LogP) is -1.27. The van der Waals surface area contributed by atoms with Crippen LogP contribution in [0.2, 0.25) is 0 Å². The minimum atomic E-state index is -1.13. The van der Waals surface area contributed by atoms with Gasteiger partial charge in [-0.15, -0.1) is 0 Å². The van der Waals surface area contributed by atoms with E-state index in [0.717, 1.165) is 0 Å². The number of H-pyrrole nitrogens is 1. The maximum absolute atomic E-state index is 11.7. The first-order valence-corrected chi connectivity index (χ1v) is 6.26. The lowest BCUT2D eigenvalue weighted by Crippen LogP contribution is -2.31. The van der Waals surface area contributed by atoms with Crippen molar-refractivity contribution in [3.05, 3.63) is 16.7 Å². The Hall–Kier alpha value is -1.97. The van der Waals surface area contributed by atoms with Crippen molar-refractivity contribution in [2.24, 2.45) is 0 Å². The number of anilines is 1. The van der Waals surface area contributed by atoms with Gasteiger partial charge in [-0.05, 0) is 6.42 Å². The van der Waals surface area contributed by atoms with Crippen molar-refractivity contribution in [3.63, 3.8) is 0 Å². The molecule has 0 aromatic carbocycles. The van der Waals surface area contributed by atoms with Gasteiger partial charge in [-0.1, -0.05) is 6.92 Å². The van der Waals surface area contributed by atoms with Gasteiger partial charge in [0.1, 0.15) is 12.2 Å². The molecule has 0 spiro atoms. The molecule has 20 heavy (non-hydrogen) atoms. The number of aliphatic hydroxyl groups is 2. The van der Waals surface area contributed by atoms with E-state index in [9.17, 15) is 15.0 Å². The normalized spacial score (nSPS) is 30.1. The summed E-state index contributed by atoms with van der Waals surface area (Å²) in [5.41, 5.74) is 5.35. The van der Waals surface area contributed by atoms with E-state index in [1.807, 2.05) is 6.92 Å². The molecule has 9 nitrogen and oxygen atoms in total. The van der Waals surface area contributed by atoms with Crippen LogP contribution in [-0.4, -0.2) is 48.0 Å². The lowest BCUT2D eigenvalue weighted by atomic mass is 10.1. The molecule has 5 N–H and O–H groups in total. The van der Waals surface area contributed by atoms with Crippen molar-refractivity contribution >= 4 is 17.1 Å². The average Bonchev–Trinajstić information content (AvgIpc) is 2.93. The number of hydrogen-bond donors (Lipinski definition) is 4. The summed E-state index contributed by atoms with van der Waals surface area (Å²) >= 11 is 0. The summed E-state index contributed by atoms with van der Waals surface area (Å²) in [6.45, 7) is 1.84. The molecular weight excluding hydrogens is 266 g/mol. The quantitative estimate of drug-likeness (QED) is 0.538. The van der Waals surface area contributed by atoms with Gasteiger partial charge in [0.2, 0.25) is 5.95 Å². The van der Waals surface area contributed by atoms with Crippen molar-refractivity contribution in [2.45, 2.75) is 37.9 Å². The Morgan fingerprint density at radius 3 is 2.90 bits per heavy atom. The highest BCUT2D eigenvalue weighted by atomic mass is 16.6. The van der Waals surface area contributed by atoms with Gasteiger partial charge in [0, 0.05) is 0 Å². The first kappa shape index (κ1) is 13.0. The standard InChI is InChI=1S/C11H15N5O4/c1-2-4-6(17)7(18)10(20-4)16-3-13-5-8(16)14-11(12)15-9(5)19/h3-4,6-7,10,17-18H,2H2,1H3,(H3,12,14,15,19)/t4-,6?,7+,10?/m1/s1. The molecule has 3 heterocycles. The number of fused-ring (bicyclic) bond motifs is 1. The fourth-order valence-corrected chi connectivity index (χ4v) is 2.43. The molecule has 9 heteroatoms. The van der Waals surface area contributed by atoms with E-state index in [4.69, 9.17) is 10.5 Å². The third-order valence-corrected chi connectivity index (χ3v) is 3.46. The largest absolute Gasteiger partial charge is 0.388 e. The first-order valence-electron chi connectivity index (χ1n) is 6.26. The van der Waals surface area contributed by atoms with E-state index in [1.54, 1.807) is 0 Å². The van der Waals surface area contributed by atoms with Gasteiger partial charge < -0.3 is 20.7 Å². The summed E-state index contributed by atoms with van der Waals surface area (Å²) in [4.78, 5) is 22.0. The molecule has 1 aliphatic heterocycles. The van der Waals surface area contributed by atoms with Gasteiger partial charge >= 0.3 is 0 Å². The highest BCUT2D eigenvalue weighted by Gasteiger charge is 2.43. The molecule has 2 aromatic heterocycles. The number of aromatic nitrogens is 4. The summed E-state index contributed by atoms with van der Waals surface area (Å²) < 4.78 is 7.00. The molecule has 0 saturated carbocycles. The summed E-state index contributed by atoms with van der Waals surface area (Å²) in [5.74, 6) is -0.0515. The lowest BCUT2D eigenvalue weighted by molar-refractivity contribution is -0.0355. The third-order valence-electron chi connectivity index (χ3n) is 3.46. The van der Waals surface area contributed by atoms with E-state index in [-0.39, 0.29) is 17.1 Å². The summed E-state index contributed by atoms with van der Waals surface area (Å²) in [6.07, 6.45) is -1.57. The number of nitrogens with one attached hydrogen (secondary N) is 1. The lowest BCUT2D eigenvalue weighted by Gasteiger charge is -2.16. The van der Waals surface area contributed by atoms with Gasteiger partial charge in [-0.2, -0.15) is 4.98 Å². The molecule has 1 aliphatic rings. The van der Waals surface area contributed by atoms with E-state index in [1.165, 1.54) is 10.9 Å². The zero-order valence-corrected chi connectivity index (χ0v) is 10.7. The monoisotopic (exact) mass is 281 g/mol. The molecule has 0 radical (unpaired) electrons. The smallest absolute Gasteiger partial charge is 0.280 e. The number of rotatable bonds is 2. The van der Waals surface area contributed by atoms with E-state index >= 15 is 0 Å². The number of nitrogens with zero attached hydrogens (tertiary/aromatic N) is 3. The van der Waals surface area contributed by atoms with Crippen molar-refractivity contribution in [1.82, 2.24) is 19.5 Å². The fourth-order valence-electron chi connectivity index (χ4n) is 2.43. The zero-order valence-electron chi connectivity index (χ0n) is 10.7. The first-order chi connectivity index (χ1) is 9.52. The van der Waals surface area contributed by atoms with Crippen LogP contribution in [0.15, 0.2) is 11.1 Å². The predicted molar refractivity (Wildman–Crippen MR) is 68.8 cm³/mol. The maximum atomic E-state index is 11.7. The molecule has 108 valence electrons. The number of nitrogen functional groups attached to an aromatic ring is 1. The van der Waals surface area contributed by atoms with Gasteiger partial charge in [-0.3, -0.25) is 14.3 Å². The highest BCUT2D eigenvalue weighted by molar-refractivity contribution is 5.70. The average molecular weight is 281 g/mol. The number of hydrogen-bond acceptors (Lipinski definition) is 7. The summed E-state index contributed by atoms with van der Waals surface area (Å²) in [7, 11) is 0. The zero-order chi connectivity index (χ0) is 14.4. The Labute approximate surface area is 113 Å². The molecule has 0 aliphatic carbocycles. The molecular formula is C11H15N5O4. The Morgan fingerprint density at radius 2 is 2.25 bits per heavy atom. The van der Waals surface area contributed by atoms with E-state index < -0.39 is 30.1 Å². The number of nitrogens with two attached hydrogens (primary N) is 1. The number of ether oxygens (including phenoxy) is 1. The third kappa shape index (κ3) is 1.79. The van der Waals surface area contributed by atoms with E-state index in [2.05, 4.69) is 15.0 Å². The summed E-state index contributed by atoms with van der Waals surface area (Å²) in [6, 6.07) is 0. The number of aliphatic hydroxyl groups excluding tert-OH is 2. The topological polar surface area (TPSA) is 139 Å². The molecule has 0 bridgehead atoms. The van der Waals surface area contributed by atoms with Crippen LogP contribution in [0.1, 0.15) is 19.6 Å².